The van der Waals surface area contributed by atoms with Gasteiger partial charge in [0.2, 0.25) is 18.9 Å². The van der Waals surface area contributed by atoms with Crippen molar-refractivity contribution in [1.82, 2.24) is 9.88 Å². The zero-order valence-corrected chi connectivity index (χ0v) is 21.7. The number of rotatable bonds is 8. The van der Waals surface area contributed by atoms with Gasteiger partial charge in [0.05, 0.1) is 32.5 Å². The number of pyridine rings is 1. The number of nitrogens with one attached hydrogen (secondary N) is 1. The van der Waals surface area contributed by atoms with Crippen LogP contribution >= 0.6 is 17.2 Å². The van der Waals surface area contributed by atoms with E-state index < -0.39 is 39.8 Å². The highest BCUT2D eigenvalue weighted by atomic mass is 31.2. The molecule has 1 aliphatic carbocycles. The summed E-state index contributed by atoms with van der Waals surface area (Å²) < 4.78 is 12.7. The molecule has 0 radical (unpaired) electrons. The second-order valence-corrected chi connectivity index (χ2v) is 12.1. The molecule has 5 N–H and O–H groups in total. The molecule has 1 saturated heterocycles. The number of carboxylic acid groups (broad SMARTS) is 1. The third kappa shape index (κ3) is 5.14. The number of carbonyl (C=O) groups is 2. The molecule has 36 heavy (non-hydrogen) atoms. The molecule has 14 heteroatoms. The lowest BCUT2D eigenvalue weighted by molar-refractivity contribution is 0.0694. The topological polar surface area (TPSA) is 171 Å². The number of aromatic nitrogens is 1. The summed E-state index contributed by atoms with van der Waals surface area (Å²) >= 11 is 0. The Morgan fingerprint density at radius 3 is 2.56 bits per heavy atom. The number of fused-ring (bicyclic) bond motifs is 1. The molecule has 3 atom stereocenters. The number of aromatic carboxylic acids is 1. The van der Waals surface area contributed by atoms with Crippen LogP contribution in [0, 0.1) is 0 Å². The number of methoxy groups -OCH3 is 1. The average molecular weight is 541 g/mol. The van der Waals surface area contributed by atoms with Crippen molar-refractivity contribution in [1.29, 1.82) is 0 Å². The zero-order chi connectivity index (χ0) is 26.2. The summed E-state index contributed by atoms with van der Waals surface area (Å²) in [6.45, 7) is 2.30. The normalized spacial score (nSPS) is 20.1. The Bertz CT molecular complexity index is 1230. The van der Waals surface area contributed by atoms with Gasteiger partial charge in [-0.25, -0.2) is 9.59 Å². The van der Waals surface area contributed by atoms with Crippen LogP contribution in [0.1, 0.15) is 49.0 Å². The van der Waals surface area contributed by atoms with Crippen LogP contribution in [0.3, 0.4) is 0 Å². The number of hydrogen-bond acceptors (Lipinski definition) is 9. The van der Waals surface area contributed by atoms with Crippen LogP contribution in [0.2, 0.25) is 0 Å². The monoisotopic (exact) mass is 541 g/mol. The summed E-state index contributed by atoms with van der Waals surface area (Å²) in [6, 6.07) is 3.10. The van der Waals surface area contributed by atoms with Crippen molar-refractivity contribution in [2.45, 2.75) is 49.8 Å². The van der Waals surface area contributed by atoms with Crippen LogP contribution in [-0.2, 0) is 4.74 Å². The van der Waals surface area contributed by atoms with Crippen molar-refractivity contribution in [3.8, 4) is 5.75 Å². The number of ether oxygens (including phenoxy) is 2. The molecule has 0 bridgehead atoms. The van der Waals surface area contributed by atoms with Crippen molar-refractivity contribution < 1.29 is 38.8 Å². The second kappa shape index (κ2) is 10.5. The van der Waals surface area contributed by atoms with E-state index in [4.69, 9.17) is 9.47 Å². The number of anilines is 1. The van der Waals surface area contributed by atoms with Crippen LogP contribution in [0.4, 0.5) is 10.5 Å². The minimum atomic E-state index is -2.70. The first-order valence-corrected chi connectivity index (χ1v) is 13.6. The van der Waals surface area contributed by atoms with Gasteiger partial charge in [-0.15, -0.1) is 0 Å². The Kier molecular flexibility index (Phi) is 7.73. The Hall–Kier alpha value is -2.49. The first-order valence-electron chi connectivity index (χ1n) is 11.4. The maximum Gasteiger partial charge on any atom is 0.408 e. The molecule has 3 unspecified atom stereocenters. The summed E-state index contributed by atoms with van der Waals surface area (Å²) in [4.78, 5) is 67.3. The van der Waals surface area contributed by atoms with E-state index in [1.807, 2.05) is 9.47 Å². The molecule has 1 saturated carbocycles. The third-order valence-corrected chi connectivity index (χ3v) is 8.74. The lowest BCUT2D eigenvalue weighted by atomic mass is 10.0. The molecule has 2 heterocycles. The van der Waals surface area contributed by atoms with E-state index in [9.17, 15) is 34.2 Å². The van der Waals surface area contributed by atoms with Gasteiger partial charge in [-0.05, 0) is 44.7 Å². The summed E-state index contributed by atoms with van der Waals surface area (Å²) in [7, 11) is -2.19. The van der Waals surface area contributed by atoms with E-state index >= 15 is 0 Å². The van der Waals surface area contributed by atoms with Gasteiger partial charge >= 0.3 is 12.1 Å². The summed E-state index contributed by atoms with van der Waals surface area (Å²) in [6.07, 6.45) is 3.66. The maximum absolute atomic E-state index is 12.9. The van der Waals surface area contributed by atoms with Crippen LogP contribution in [0.5, 0.6) is 5.75 Å². The van der Waals surface area contributed by atoms with E-state index in [1.54, 1.807) is 12.1 Å². The first-order chi connectivity index (χ1) is 17.1. The zero-order valence-electron chi connectivity index (χ0n) is 19.8. The molecule has 12 nitrogen and oxygen atoms in total. The van der Waals surface area contributed by atoms with E-state index in [0.717, 1.165) is 19.3 Å². The largest absolute Gasteiger partial charge is 0.492 e. The number of carbonyl (C=O) groups excluding carboxylic acids is 1. The first kappa shape index (κ1) is 26.6. The number of alkyl carbamates (subject to hydrolysis) is 1. The molecule has 1 aromatic heterocycles. The van der Waals surface area contributed by atoms with Gasteiger partial charge in [-0.2, -0.15) is 0 Å². The molecule has 1 aromatic carbocycles. The highest BCUT2D eigenvalue weighted by molar-refractivity contribution is 7.60. The average Bonchev–Trinajstić information content (AvgIpc) is 3.68. The Labute approximate surface area is 209 Å². The fourth-order valence-corrected chi connectivity index (χ4v) is 5.11. The molecule has 196 valence electrons. The Morgan fingerprint density at radius 2 is 1.97 bits per heavy atom. The molecule has 2 aromatic rings. The molecule has 0 spiro atoms. The summed E-state index contributed by atoms with van der Waals surface area (Å²) in [5, 5.41) is 10.7. The van der Waals surface area contributed by atoms with Gasteiger partial charge < -0.3 is 44.0 Å². The lowest BCUT2D eigenvalue weighted by Crippen LogP contribution is -2.49. The number of nitrogens with zero attached hydrogens (tertiary/aromatic N) is 2. The predicted molar refractivity (Wildman–Crippen MR) is 135 cm³/mol. The van der Waals surface area contributed by atoms with Gasteiger partial charge in [0.1, 0.15) is 5.56 Å². The SMILES string of the molecule is COc1c(N2CCCC(NC(=O)OC(C)(PO)P(O)O)C2)ccc2c(=O)c(C(=O)O)cn(C3CC3)c12. The lowest BCUT2D eigenvalue weighted by Gasteiger charge is -2.36. The van der Waals surface area contributed by atoms with Gasteiger partial charge in [0, 0.05) is 31.4 Å². The van der Waals surface area contributed by atoms with Gasteiger partial charge in [-0.1, -0.05) is 0 Å². The van der Waals surface area contributed by atoms with Crippen molar-refractivity contribution in [2.24, 2.45) is 0 Å². The molecule has 4 rings (SSSR count). The van der Waals surface area contributed by atoms with Crippen molar-refractivity contribution >= 4 is 45.8 Å². The number of benzene rings is 1. The fraction of sp³-hybridized carbons (Fsp3) is 0.500. The standard InChI is InChI=1S/C22H29N3O9P2/c1-22(35-30,36(31)32)34-21(29)23-12-4-3-9-24(10-12)16-8-7-14-17(19(16)33-2)25(13-5-6-13)11-15(18(14)26)20(27)28/h7-8,11-13,30-32,35H,3-6,9-10H2,1-2H3,(H,23,29)(H,27,28). The van der Waals surface area contributed by atoms with E-state index in [0.29, 0.717) is 36.5 Å². The van der Waals surface area contributed by atoms with Crippen molar-refractivity contribution in [2.75, 3.05) is 25.1 Å². The smallest absolute Gasteiger partial charge is 0.408 e. The van der Waals surface area contributed by atoms with E-state index in [2.05, 4.69) is 5.32 Å². The number of piperidine rings is 1. The van der Waals surface area contributed by atoms with Gasteiger partial charge in [0.15, 0.2) is 5.75 Å². The van der Waals surface area contributed by atoms with Crippen molar-refractivity contribution in [3.05, 3.63) is 34.1 Å². The minimum Gasteiger partial charge on any atom is -0.492 e. The molecular formula is C22H29N3O9P2. The minimum absolute atomic E-state index is 0.0889. The fourth-order valence-electron chi connectivity index (χ4n) is 4.45. The number of hydrogen-bond donors (Lipinski definition) is 5. The van der Waals surface area contributed by atoms with E-state index in [-0.39, 0.29) is 23.0 Å². The molecule has 2 aliphatic rings. The quantitative estimate of drug-likeness (QED) is 0.313. The Morgan fingerprint density at radius 1 is 1.25 bits per heavy atom. The second-order valence-electron chi connectivity index (χ2n) is 9.03. The highest BCUT2D eigenvalue weighted by Gasteiger charge is 2.38. The van der Waals surface area contributed by atoms with E-state index in [1.165, 1.54) is 20.2 Å². The molecular weight excluding hydrogens is 512 g/mol. The van der Waals surface area contributed by atoms with Gasteiger partial charge in [0.25, 0.3) is 0 Å². The van der Waals surface area contributed by atoms with Crippen molar-refractivity contribution in [3.63, 3.8) is 0 Å². The third-order valence-electron chi connectivity index (χ3n) is 6.47. The number of carboxylic acids is 1. The maximum atomic E-state index is 12.9. The van der Waals surface area contributed by atoms with Crippen LogP contribution in [0.25, 0.3) is 10.9 Å². The summed E-state index contributed by atoms with van der Waals surface area (Å²) in [5.41, 5.74) is 0.397. The van der Waals surface area contributed by atoms with Crippen LogP contribution < -0.4 is 20.4 Å². The Balaban J connectivity index is 1.64. The predicted octanol–water partition coefficient (Wildman–Crippen LogP) is 2.29. The number of amides is 1. The molecule has 2 fully saturated rings. The molecule has 1 amide bonds. The van der Waals surface area contributed by atoms with Crippen LogP contribution in [-0.4, -0.2) is 67.7 Å². The van der Waals surface area contributed by atoms with Crippen LogP contribution in [0.15, 0.2) is 23.1 Å². The summed E-state index contributed by atoms with van der Waals surface area (Å²) in [5.74, 6) is -0.819. The molecule has 1 aliphatic heterocycles. The highest BCUT2D eigenvalue weighted by Crippen LogP contribution is 2.52. The van der Waals surface area contributed by atoms with Gasteiger partial charge in [-0.3, -0.25) is 4.79 Å².